The topological polar surface area (TPSA) is 82.7 Å². The Bertz CT molecular complexity index is 969. The molecule has 1 atom stereocenters. The zero-order valence-corrected chi connectivity index (χ0v) is 14.1. The maximum Gasteiger partial charge on any atom is 0.405 e. The number of hydrogen-bond donors (Lipinski definition) is 3. The average Bonchev–Trinajstić information content (AvgIpc) is 3.02. The highest BCUT2D eigenvalue weighted by molar-refractivity contribution is 5.94. The Morgan fingerprint density at radius 3 is 2.78 bits per heavy atom. The summed E-state index contributed by atoms with van der Waals surface area (Å²) in [5, 5.41) is 5.17. The summed E-state index contributed by atoms with van der Waals surface area (Å²) in [4.78, 5) is 22.7. The summed E-state index contributed by atoms with van der Waals surface area (Å²) >= 11 is 0. The zero-order chi connectivity index (χ0) is 19.6. The lowest BCUT2D eigenvalue weighted by Crippen LogP contribution is -2.42. The molecule has 0 aromatic carbocycles. The molecule has 0 radical (unpaired) electrons. The highest BCUT2D eigenvalue weighted by Gasteiger charge is 2.28. The van der Waals surface area contributed by atoms with E-state index in [0.29, 0.717) is 27.8 Å². The van der Waals surface area contributed by atoms with Crippen molar-refractivity contribution in [3.8, 4) is 11.1 Å². The molecule has 1 unspecified atom stereocenters. The standard InChI is InChI=1S/C17H15F4N5O/c1-9(16(27)25-8-17(19,20)21)26-12-2-10(4-22-6-12)14-7-24-15-13(14)3-11(18)5-23-15/h2-7,9,26H,8H2,1H3,(H,23,24)(H,25,27). The molecule has 3 rings (SSSR count). The van der Waals surface area contributed by atoms with E-state index in [1.165, 1.54) is 19.2 Å². The zero-order valence-electron chi connectivity index (χ0n) is 14.1. The van der Waals surface area contributed by atoms with Crippen molar-refractivity contribution in [3.63, 3.8) is 0 Å². The highest BCUT2D eigenvalue weighted by atomic mass is 19.4. The van der Waals surface area contributed by atoms with E-state index in [4.69, 9.17) is 0 Å². The number of rotatable bonds is 5. The van der Waals surface area contributed by atoms with Crippen LogP contribution in [0.5, 0.6) is 0 Å². The van der Waals surface area contributed by atoms with Crippen LogP contribution in [0.3, 0.4) is 0 Å². The first-order valence-electron chi connectivity index (χ1n) is 7.92. The predicted molar refractivity (Wildman–Crippen MR) is 91.4 cm³/mol. The first kappa shape index (κ1) is 18.6. The third-order valence-electron chi connectivity index (χ3n) is 3.79. The van der Waals surface area contributed by atoms with Crippen molar-refractivity contribution < 1.29 is 22.4 Å². The number of carbonyl (C=O) groups is 1. The van der Waals surface area contributed by atoms with Gasteiger partial charge in [-0.05, 0) is 19.1 Å². The molecule has 0 spiro atoms. The molecule has 0 aliphatic heterocycles. The number of amides is 1. The second-order valence-corrected chi connectivity index (χ2v) is 5.91. The molecule has 3 aromatic rings. The molecular weight excluding hydrogens is 366 g/mol. The van der Waals surface area contributed by atoms with Gasteiger partial charge in [0.15, 0.2) is 0 Å². The second kappa shape index (κ2) is 7.22. The summed E-state index contributed by atoms with van der Waals surface area (Å²) in [5.41, 5.74) is 2.22. The van der Waals surface area contributed by atoms with Crippen molar-refractivity contribution in [2.24, 2.45) is 0 Å². The molecule has 6 nitrogen and oxygen atoms in total. The Morgan fingerprint density at radius 2 is 2.04 bits per heavy atom. The summed E-state index contributed by atoms with van der Waals surface area (Å²) in [6.45, 7) is 0.0351. The van der Waals surface area contributed by atoms with Crippen LogP contribution in [0.4, 0.5) is 23.2 Å². The number of alkyl halides is 3. The Balaban J connectivity index is 1.77. The molecule has 3 N–H and O–H groups in total. The molecule has 3 aromatic heterocycles. The van der Waals surface area contributed by atoms with E-state index in [2.05, 4.69) is 20.3 Å². The number of fused-ring (bicyclic) bond motifs is 1. The molecule has 27 heavy (non-hydrogen) atoms. The van der Waals surface area contributed by atoms with Gasteiger partial charge in [0.1, 0.15) is 24.1 Å². The highest BCUT2D eigenvalue weighted by Crippen LogP contribution is 2.29. The SMILES string of the molecule is CC(Nc1cncc(-c2c[nH]c3ncc(F)cc23)c1)C(=O)NCC(F)(F)F. The average molecular weight is 381 g/mol. The minimum atomic E-state index is -4.48. The van der Waals surface area contributed by atoms with Crippen LogP contribution in [0.1, 0.15) is 6.92 Å². The number of hydrogen-bond acceptors (Lipinski definition) is 4. The van der Waals surface area contributed by atoms with Gasteiger partial charge in [0.2, 0.25) is 5.91 Å². The second-order valence-electron chi connectivity index (χ2n) is 5.91. The van der Waals surface area contributed by atoms with E-state index in [1.807, 2.05) is 5.32 Å². The van der Waals surface area contributed by atoms with Gasteiger partial charge in [-0.1, -0.05) is 0 Å². The fourth-order valence-corrected chi connectivity index (χ4v) is 2.54. The number of H-pyrrole nitrogens is 1. The summed E-state index contributed by atoms with van der Waals surface area (Å²) in [7, 11) is 0. The van der Waals surface area contributed by atoms with Crippen LogP contribution in [0.25, 0.3) is 22.2 Å². The summed E-state index contributed by atoms with van der Waals surface area (Å²) < 4.78 is 50.1. The number of halogens is 4. The van der Waals surface area contributed by atoms with Gasteiger partial charge in [0.05, 0.1) is 11.9 Å². The van der Waals surface area contributed by atoms with Crippen LogP contribution in [0.2, 0.25) is 0 Å². The number of nitrogens with one attached hydrogen (secondary N) is 3. The number of aromatic nitrogens is 3. The minimum Gasteiger partial charge on any atom is -0.373 e. The van der Waals surface area contributed by atoms with Gasteiger partial charge in [-0.3, -0.25) is 9.78 Å². The molecule has 3 heterocycles. The number of carbonyl (C=O) groups excluding carboxylic acids is 1. The normalized spacial score (nSPS) is 12.8. The largest absolute Gasteiger partial charge is 0.405 e. The van der Waals surface area contributed by atoms with Crippen molar-refractivity contribution in [1.82, 2.24) is 20.3 Å². The van der Waals surface area contributed by atoms with Gasteiger partial charge in [-0.25, -0.2) is 9.37 Å². The van der Waals surface area contributed by atoms with E-state index in [-0.39, 0.29) is 0 Å². The number of pyridine rings is 2. The molecule has 1 amide bonds. The van der Waals surface area contributed by atoms with E-state index in [1.54, 1.807) is 18.5 Å². The number of aromatic amines is 1. The van der Waals surface area contributed by atoms with Crippen molar-refractivity contribution in [3.05, 3.63) is 42.7 Å². The monoisotopic (exact) mass is 381 g/mol. The fourth-order valence-electron chi connectivity index (χ4n) is 2.54. The van der Waals surface area contributed by atoms with Gasteiger partial charge in [0.25, 0.3) is 0 Å². The molecule has 0 fully saturated rings. The number of nitrogens with zero attached hydrogens (tertiary/aromatic N) is 2. The Morgan fingerprint density at radius 1 is 1.26 bits per heavy atom. The maximum absolute atomic E-state index is 13.5. The van der Waals surface area contributed by atoms with Gasteiger partial charge in [-0.15, -0.1) is 0 Å². The first-order chi connectivity index (χ1) is 12.7. The molecule has 142 valence electrons. The van der Waals surface area contributed by atoms with Crippen LogP contribution in [0.15, 0.2) is 36.9 Å². The third kappa shape index (κ3) is 4.52. The van der Waals surface area contributed by atoms with Crippen LogP contribution < -0.4 is 10.6 Å². The van der Waals surface area contributed by atoms with Gasteiger partial charge in [0, 0.05) is 35.1 Å². The van der Waals surface area contributed by atoms with Crippen molar-refractivity contribution in [2.75, 3.05) is 11.9 Å². The molecule has 0 saturated heterocycles. The predicted octanol–water partition coefficient (Wildman–Crippen LogP) is 3.24. The van der Waals surface area contributed by atoms with Gasteiger partial charge < -0.3 is 15.6 Å². The summed E-state index contributed by atoms with van der Waals surface area (Å²) in [5.74, 6) is -1.28. The van der Waals surface area contributed by atoms with E-state index >= 15 is 0 Å². The van der Waals surface area contributed by atoms with Crippen molar-refractivity contribution in [2.45, 2.75) is 19.1 Å². The molecule has 0 aliphatic carbocycles. The summed E-state index contributed by atoms with van der Waals surface area (Å²) in [6.07, 6.45) is 1.25. The molecular formula is C17H15F4N5O. The summed E-state index contributed by atoms with van der Waals surface area (Å²) in [6, 6.07) is 2.08. The Hall–Kier alpha value is -3.17. The first-order valence-corrected chi connectivity index (χ1v) is 7.92. The van der Waals surface area contributed by atoms with Crippen LogP contribution >= 0.6 is 0 Å². The minimum absolute atomic E-state index is 0.431. The van der Waals surface area contributed by atoms with Gasteiger partial charge in [-0.2, -0.15) is 13.2 Å². The van der Waals surface area contributed by atoms with Crippen molar-refractivity contribution >= 4 is 22.6 Å². The van der Waals surface area contributed by atoms with Crippen LogP contribution in [0, 0.1) is 5.82 Å². The smallest absolute Gasteiger partial charge is 0.373 e. The molecule has 0 bridgehead atoms. The quantitative estimate of drug-likeness (QED) is 0.593. The van der Waals surface area contributed by atoms with Gasteiger partial charge >= 0.3 is 6.18 Å². The lowest BCUT2D eigenvalue weighted by Gasteiger charge is -2.16. The van der Waals surface area contributed by atoms with E-state index in [9.17, 15) is 22.4 Å². The molecule has 10 heteroatoms. The number of anilines is 1. The van der Waals surface area contributed by atoms with E-state index < -0.39 is 30.5 Å². The Kier molecular flexibility index (Phi) is 4.98. The lowest BCUT2D eigenvalue weighted by atomic mass is 10.1. The third-order valence-corrected chi connectivity index (χ3v) is 3.79. The van der Waals surface area contributed by atoms with E-state index in [0.717, 1.165) is 6.20 Å². The maximum atomic E-state index is 13.5. The van der Waals surface area contributed by atoms with Crippen LogP contribution in [-0.2, 0) is 4.79 Å². The van der Waals surface area contributed by atoms with Crippen molar-refractivity contribution in [1.29, 1.82) is 0 Å². The molecule has 0 aliphatic rings. The lowest BCUT2D eigenvalue weighted by molar-refractivity contribution is -0.138. The fraction of sp³-hybridized carbons (Fsp3) is 0.235. The van der Waals surface area contributed by atoms with Crippen LogP contribution in [-0.4, -0.2) is 39.6 Å². The Labute approximate surface area is 151 Å². The molecule has 0 saturated carbocycles.